The van der Waals surface area contributed by atoms with Gasteiger partial charge in [0.2, 0.25) is 0 Å². The first-order chi connectivity index (χ1) is 7.63. The fraction of sp³-hybridized carbons (Fsp3) is 0.500. The van der Waals surface area contributed by atoms with Gasteiger partial charge in [0.15, 0.2) is 0 Å². The topological polar surface area (TPSA) is 65.9 Å². The van der Waals surface area contributed by atoms with E-state index >= 15 is 0 Å². The molecule has 0 saturated carbocycles. The van der Waals surface area contributed by atoms with Crippen molar-refractivity contribution in [2.45, 2.75) is 20.3 Å². The number of hydrogen-bond acceptors (Lipinski definition) is 4. The lowest BCUT2D eigenvalue weighted by Gasteiger charge is -2.24. The van der Waals surface area contributed by atoms with Crippen LogP contribution in [0.4, 0.5) is 11.5 Å². The lowest BCUT2D eigenvalue weighted by molar-refractivity contribution is 0.608. The fourth-order valence-electron chi connectivity index (χ4n) is 1.53. The zero-order valence-electron chi connectivity index (χ0n) is 9.85. The second-order valence-electron chi connectivity index (χ2n) is 4.20. The molecule has 0 aromatic carbocycles. The second kappa shape index (κ2) is 5.96. The van der Waals surface area contributed by atoms with Crippen LogP contribution in [0.1, 0.15) is 20.3 Å². The maximum Gasteiger partial charge on any atom is 0.130 e. The largest absolute Gasteiger partial charge is 0.399 e. The van der Waals surface area contributed by atoms with Crippen LogP contribution in [0, 0.1) is 17.2 Å². The van der Waals surface area contributed by atoms with Gasteiger partial charge in [-0.05, 0) is 12.0 Å². The Balaban J connectivity index is 2.79. The van der Waals surface area contributed by atoms with Crippen molar-refractivity contribution in [3.8, 4) is 6.07 Å². The van der Waals surface area contributed by atoms with E-state index < -0.39 is 0 Å². The van der Waals surface area contributed by atoms with E-state index in [9.17, 15) is 0 Å². The van der Waals surface area contributed by atoms with Crippen molar-refractivity contribution < 1.29 is 0 Å². The van der Waals surface area contributed by atoms with Crippen LogP contribution in [-0.4, -0.2) is 18.1 Å². The highest BCUT2D eigenvalue weighted by Crippen LogP contribution is 2.15. The Kier molecular flexibility index (Phi) is 4.59. The molecule has 0 aliphatic carbocycles. The zero-order valence-corrected chi connectivity index (χ0v) is 9.85. The fourth-order valence-corrected chi connectivity index (χ4v) is 1.53. The third-order valence-electron chi connectivity index (χ3n) is 2.17. The van der Waals surface area contributed by atoms with E-state index in [2.05, 4.69) is 29.8 Å². The Morgan fingerprint density at radius 2 is 2.31 bits per heavy atom. The van der Waals surface area contributed by atoms with Crippen LogP contribution in [0.2, 0.25) is 0 Å². The molecule has 0 fully saturated rings. The van der Waals surface area contributed by atoms with E-state index in [1.54, 1.807) is 12.3 Å². The molecule has 1 aromatic heterocycles. The number of aromatic nitrogens is 1. The molecule has 0 aliphatic rings. The van der Waals surface area contributed by atoms with Crippen LogP contribution in [-0.2, 0) is 0 Å². The highest BCUT2D eigenvalue weighted by molar-refractivity contribution is 5.50. The maximum atomic E-state index is 8.63. The van der Waals surface area contributed by atoms with Gasteiger partial charge in [0.25, 0.3) is 0 Å². The third-order valence-corrected chi connectivity index (χ3v) is 2.17. The summed E-state index contributed by atoms with van der Waals surface area (Å²) in [4.78, 5) is 6.38. The minimum absolute atomic E-state index is 0.503. The summed E-state index contributed by atoms with van der Waals surface area (Å²) in [5.41, 5.74) is 6.43. The summed E-state index contributed by atoms with van der Waals surface area (Å²) < 4.78 is 0. The lowest BCUT2D eigenvalue weighted by atomic mass is 10.2. The molecule has 1 aromatic rings. The number of nitrogens with zero attached hydrogens (tertiary/aromatic N) is 3. The van der Waals surface area contributed by atoms with Gasteiger partial charge in [-0.25, -0.2) is 4.98 Å². The number of nitriles is 1. The highest BCUT2D eigenvalue weighted by Gasteiger charge is 2.09. The van der Waals surface area contributed by atoms with Gasteiger partial charge < -0.3 is 10.6 Å². The summed E-state index contributed by atoms with van der Waals surface area (Å²) in [5, 5.41) is 8.63. The minimum Gasteiger partial charge on any atom is -0.399 e. The summed E-state index contributed by atoms with van der Waals surface area (Å²) in [5.74, 6) is 1.38. The maximum absolute atomic E-state index is 8.63. The van der Waals surface area contributed by atoms with Crippen molar-refractivity contribution in [1.29, 1.82) is 5.26 Å². The predicted octanol–water partition coefficient (Wildman–Crippen LogP) is 2.04. The van der Waals surface area contributed by atoms with Gasteiger partial charge in [-0.3, -0.25) is 0 Å². The molecule has 4 heteroatoms. The van der Waals surface area contributed by atoms with Crippen LogP contribution in [0.3, 0.4) is 0 Å². The van der Waals surface area contributed by atoms with Gasteiger partial charge in [0.1, 0.15) is 5.82 Å². The quantitative estimate of drug-likeness (QED) is 0.821. The van der Waals surface area contributed by atoms with Crippen LogP contribution in [0.5, 0.6) is 0 Å². The number of rotatable bonds is 5. The standard InChI is InChI=1S/C12H18N4/c1-10(2)9-16(7-3-5-13)12-8-11(14)4-6-15-12/h4,6,8,10H,3,7,9H2,1-2H3,(H2,14,15). The first-order valence-electron chi connectivity index (χ1n) is 5.47. The lowest BCUT2D eigenvalue weighted by Crippen LogP contribution is -2.29. The second-order valence-corrected chi connectivity index (χ2v) is 4.20. The molecular formula is C12H18N4. The molecule has 4 nitrogen and oxygen atoms in total. The molecule has 16 heavy (non-hydrogen) atoms. The molecule has 0 saturated heterocycles. The molecule has 1 heterocycles. The first-order valence-corrected chi connectivity index (χ1v) is 5.47. The number of nitrogen functional groups attached to an aromatic ring is 1. The summed E-state index contributed by atoms with van der Waals surface area (Å²) in [7, 11) is 0. The smallest absolute Gasteiger partial charge is 0.130 e. The van der Waals surface area contributed by atoms with Crippen molar-refractivity contribution >= 4 is 11.5 Å². The van der Waals surface area contributed by atoms with Gasteiger partial charge >= 0.3 is 0 Å². The van der Waals surface area contributed by atoms with Gasteiger partial charge in [0, 0.05) is 31.0 Å². The van der Waals surface area contributed by atoms with Crippen molar-refractivity contribution in [2.24, 2.45) is 5.92 Å². The minimum atomic E-state index is 0.503. The Morgan fingerprint density at radius 3 is 2.88 bits per heavy atom. The number of pyridine rings is 1. The summed E-state index contributed by atoms with van der Waals surface area (Å²) in [6, 6.07) is 5.77. The van der Waals surface area contributed by atoms with E-state index in [0.717, 1.165) is 12.4 Å². The Morgan fingerprint density at radius 1 is 1.56 bits per heavy atom. The molecule has 0 unspecified atom stereocenters. The van der Waals surface area contributed by atoms with E-state index in [4.69, 9.17) is 11.0 Å². The molecule has 0 spiro atoms. The van der Waals surface area contributed by atoms with Crippen molar-refractivity contribution in [3.05, 3.63) is 18.3 Å². The Hall–Kier alpha value is -1.76. The molecule has 0 radical (unpaired) electrons. The van der Waals surface area contributed by atoms with Crippen molar-refractivity contribution in [3.63, 3.8) is 0 Å². The van der Waals surface area contributed by atoms with E-state index in [1.807, 2.05) is 6.07 Å². The summed E-state index contributed by atoms with van der Waals surface area (Å²) >= 11 is 0. The van der Waals surface area contributed by atoms with Gasteiger partial charge in [-0.15, -0.1) is 0 Å². The molecule has 1 rings (SSSR count). The molecule has 86 valence electrons. The molecular weight excluding hydrogens is 200 g/mol. The molecule has 2 N–H and O–H groups in total. The average Bonchev–Trinajstić information content (AvgIpc) is 2.23. The first kappa shape index (κ1) is 12.3. The number of nitrogens with two attached hydrogens (primary N) is 1. The van der Waals surface area contributed by atoms with E-state index in [-0.39, 0.29) is 0 Å². The third kappa shape index (κ3) is 3.77. The van der Waals surface area contributed by atoms with Crippen LogP contribution in [0.25, 0.3) is 0 Å². The molecule has 0 bridgehead atoms. The SMILES string of the molecule is CC(C)CN(CCC#N)c1cc(N)ccn1. The molecule has 0 atom stereocenters. The number of hydrogen-bond donors (Lipinski definition) is 1. The normalized spacial score (nSPS) is 10.1. The zero-order chi connectivity index (χ0) is 12.0. The van der Waals surface area contributed by atoms with Gasteiger partial charge in [-0.1, -0.05) is 13.8 Å². The summed E-state index contributed by atoms with van der Waals surface area (Å²) in [6.45, 7) is 5.88. The van der Waals surface area contributed by atoms with Crippen LogP contribution in [0.15, 0.2) is 18.3 Å². The summed E-state index contributed by atoms with van der Waals surface area (Å²) in [6.07, 6.45) is 2.20. The molecule has 0 amide bonds. The monoisotopic (exact) mass is 218 g/mol. The van der Waals surface area contributed by atoms with Crippen molar-refractivity contribution in [1.82, 2.24) is 4.98 Å². The Labute approximate surface area is 96.7 Å². The van der Waals surface area contributed by atoms with Gasteiger partial charge in [-0.2, -0.15) is 5.26 Å². The van der Waals surface area contributed by atoms with E-state index in [1.165, 1.54) is 0 Å². The van der Waals surface area contributed by atoms with E-state index in [0.29, 0.717) is 24.6 Å². The van der Waals surface area contributed by atoms with Crippen LogP contribution < -0.4 is 10.6 Å². The molecule has 0 aliphatic heterocycles. The van der Waals surface area contributed by atoms with Crippen molar-refractivity contribution in [2.75, 3.05) is 23.7 Å². The highest BCUT2D eigenvalue weighted by atomic mass is 15.2. The van der Waals surface area contributed by atoms with Gasteiger partial charge in [0.05, 0.1) is 12.5 Å². The van der Waals surface area contributed by atoms with Crippen LogP contribution >= 0.6 is 0 Å². The predicted molar refractivity (Wildman–Crippen MR) is 65.9 cm³/mol. The average molecular weight is 218 g/mol. The Bertz CT molecular complexity index is 368. The number of anilines is 2.